The summed E-state index contributed by atoms with van der Waals surface area (Å²) in [5.74, 6) is 0.541. The lowest BCUT2D eigenvalue weighted by atomic mass is 9.95. The largest absolute Gasteiger partial charge is 0.490 e. The molecule has 126 valence electrons. The van der Waals surface area contributed by atoms with Crippen molar-refractivity contribution in [3.63, 3.8) is 0 Å². The van der Waals surface area contributed by atoms with Gasteiger partial charge in [-0.05, 0) is 56.0 Å². The first-order chi connectivity index (χ1) is 11.7. The number of rotatable bonds is 6. The number of aryl methyl sites for hydroxylation is 1. The monoisotopic (exact) mass is 326 g/mol. The van der Waals surface area contributed by atoms with Crippen molar-refractivity contribution in [1.29, 1.82) is 0 Å². The summed E-state index contributed by atoms with van der Waals surface area (Å²) in [5.41, 5.74) is 3.69. The van der Waals surface area contributed by atoms with E-state index < -0.39 is 0 Å². The quantitative estimate of drug-likeness (QED) is 0.762. The zero-order valence-electron chi connectivity index (χ0n) is 14.1. The Morgan fingerprint density at radius 1 is 1.38 bits per heavy atom. The predicted molar refractivity (Wildman–Crippen MR) is 92.5 cm³/mol. The van der Waals surface area contributed by atoms with Crippen LogP contribution >= 0.6 is 0 Å². The Morgan fingerprint density at radius 2 is 2.25 bits per heavy atom. The van der Waals surface area contributed by atoms with Crippen LogP contribution in [0.2, 0.25) is 0 Å². The number of allylic oxidation sites excluding steroid dienone is 1. The minimum absolute atomic E-state index is 0.220. The van der Waals surface area contributed by atoms with Gasteiger partial charge >= 0.3 is 5.97 Å². The number of carbonyl (C=O) groups excluding carboxylic acids is 1. The van der Waals surface area contributed by atoms with E-state index in [1.165, 1.54) is 11.3 Å². The summed E-state index contributed by atoms with van der Waals surface area (Å²) in [6.07, 6.45) is 9.75. The van der Waals surface area contributed by atoms with Crippen LogP contribution in [0.5, 0.6) is 5.75 Å². The van der Waals surface area contributed by atoms with Gasteiger partial charge < -0.3 is 14.0 Å². The summed E-state index contributed by atoms with van der Waals surface area (Å²) in [6.45, 7) is 4.08. The Morgan fingerprint density at radius 3 is 3.00 bits per heavy atom. The van der Waals surface area contributed by atoms with Crippen LogP contribution in [0, 0.1) is 0 Å². The summed E-state index contributed by atoms with van der Waals surface area (Å²) in [4.78, 5) is 15.6. The Kier molecular flexibility index (Phi) is 4.99. The molecule has 1 aromatic carbocycles. The smallest absolute Gasteiger partial charge is 0.309 e. The average molecular weight is 326 g/mol. The second-order valence-electron chi connectivity index (χ2n) is 5.90. The Labute approximate surface area is 141 Å². The standard InChI is InChI=1S/C19H22N2O3/c1-3-23-19(22)10-14(2)24-18-7-5-15-4-6-17(11-16(15)12-18)21-9-8-20-13-21/h5,7-9,11-14H,3-4,6,10H2,1-2H3. The molecule has 0 saturated carbocycles. The average Bonchev–Trinajstić information content (AvgIpc) is 3.08. The molecule has 24 heavy (non-hydrogen) atoms. The minimum Gasteiger partial charge on any atom is -0.490 e. The zero-order valence-corrected chi connectivity index (χ0v) is 14.1. The number of nitrogens with zero attached hydrogens (tertiary/aromatic N) is 2. The molecule has 3 rings (SSSR count). The number of benzene rings is 1. The fraction of sp³-hybridized carbons (Fsp3) is 0.368. The third-order valence-corrected chi connectivity index (χ3v) is 4.02. The van der Waals surface area contributed by atoms with Gasteiger partial charge in [-0.3, -0.25) is 4.79 Å². The molecule has 2 aromatic rings. The van der Waals surface area contributed by atoms with Crippen LogP contribution in [0.4, 0.5) is 0 Å². The van der Waals surface area contributed by atoms with Gasteiger partial charge in [-0.15, -0.1) is 0 Å². The fourth-order valence-corrected chi connectivity index (χ4v) is 2.88. The molecule has 1 atom stereocenters. The SMILES string of the molecule is CCOC(=O)CC(C)Oc1ccc2c(c1)C=C(n1ccnc1)CC2. The summed E-state index contributed by atoms with van der Waals surface area (Å²) >= 11 is 0. The Bertz CT molecular complexity index is 735. The number of fused-ring (bicyclic) bond motifs is 1. The van der Waals surface area contributed by atoms with E-state index in [1.54, 1.807) is 13.1 Å². The third kappa shape index (κ3) is 3.85. The molecular formula is C19H22N2O3. The molecule has 1 aliphatic rings. The van der Waals surface area contributed by atoms with Crippen molar-refractivity contribution in [2.75, 3.05) is 6.61 Å². The second kappa shape index (κ2) is 7.34. The summed E-state index contributed by atoms with van der Waals surface area (Å²) in [5, 5.41) is 0. The van der Waals surface area contributed by atoms with Crippen LogP contribution in [0.3, 0.4) is 0 Å². The zero-order chi connectivity index (χ0) is 16.9. The van der Waals surface area contributed by atoms with Crippen LogP contribution in [0.1, 0.15) is 37.8 Å². The highest BCUT2D eigenvalue weighted by Crippen LogP contribution is 2.29. The Balaban J connectivity index is 1.72. The van der Waals surface area contributed by atoms with Crippen LogP contribution in [0.15, 0.2) is 36.9 Å². The first-order valence-corrected chi connectivity index (χ1v) is 8.30. The van der Waals surface area contributed by atoms with Gasteiger partial charge in [0.05, 0.1) is 19.4 Å². The number of carbonyl (C=O) groups is 1. The molecule has 1 aliphatic carbocycles. The number of imidazole rings is 1. The number of ether oxygens (including phenoxy) is 2. The fourth-order valence-electron chi connectivity index (χ4n) is 2.88. The van der Waals surface area contributed by atoms with Gasteiger partial charge in [-0.1, -0.05) is 6.07 Å². The van der Waals surface area contributed by atoms with E-state index in [0.29, 0.717) is 6.61 Å². The van der Waals surface area contributed by atoms with E-state index in [9.17, 15) is 4.79 Å². The molecule has 1 aromatic heterocycles. The van der Waals surface area contributed by atoms with Gasteiger partial charge in [0.25, 0.3) is 0 Å². The van der Waals surface area contributed by atoms with Crippen molar-refractivity contribution < 1.29 is 14.3 Å². The summed E-state index contributed by atoms with van der Waals surface area (Å²) in [6, 6.07) is 6.10. The molecule has 0 fully saturated rings. The van der Waals surface area contributed by atoms with E-state index in [4.69, 9.17) is 9.47 Å². The van der Waals surface area contributed by atoms with Crippen LogP contribution in [-0.2, 0) is 16.0 Å². The van der Waals surface area contributed by atoms with Gasteiger partial charge in [0.2, 0.25) is 0 Å². The van der Waals surface area contributed by atoms with Gasteiger partial charge in [-0.25, -0.2) is 4.98 Å². The van der Waals surface area contributed by atoms with Crippen molar-refractivity contribution in [2.45, 2.75) is 39.2 Å². The summed E-state index contributed by atoms with van der Waals surface area (Å²) < 4.78 is 12.9. The topological polar surface area (TPSA) is 53.4 Å². The van der Waals surface area contributed by atoms with Gasteiger partial charge in [0.15, 0.2) is 0 Å². The summed E-state index contributed by atoms with van der Waals surface area (Å²) in [7, 11) is 0. The number of aromatic nitrogens is 2. The van der Waals surface area contributed by atoms with Crippen molar-refractivity contribution in [2.24, 2.45) is 0 Å². The molecule has 0 spiro atoms. The normalized spacial score (nSPS) is 14.5. The molecule has 1 unspecified atom stereocenters. The van der Waals surface area contributed by atoms with E-state index in [1.807, 2.05) is 36.1 Å². The maximum atomic E-state index is 11.5. The first kappa shape index (κ1) is 16.3. The highest BCUT2D eigenvalue weighted by Gasteiger charge is 2.15. The lowest BCUT2D eigenvalue weighted by Crippen LogP contribution is -2.19. The maximum absolute atomic E-state index is 11.5. The lowest BCUT2D eigenvalue weighted by molar-refractivity contribution is -0.144. The number of hydrogen-bond donors (Lipinski definition) is 0. The van der Waals surface area contributed by atoms with Gasteiger partial charge in [0.1, 0.15) is 11.9 Å². The van der Waals surface area contributed by atoms with Crippen LogP contribution in [0.25, 0.3) is 11.8 Å². The van der Waals surface area contributed by atoms with Crippen molar-refractivity contribution in [1.82, 2.24) is 9.55 Å². The van der Waals surface area contributed by atoms with Crippen molar-refractivity contribution in [3.8, 4) is 5.75 Å². The molecule has 1 heterocycles. The molecule has 0 radical (unpaired) electrons. The lowest BCUT2D eigenvalue weighted by Gasteiger charge is -2.19. The van der Waals surface area contributed by atoms with Crippen molar-refractivity contribution in [3.05, 3.63) is 48.0 Å². The van der Waals surface area contributed by atoms with Crippen LogP contribution in [-0.4, -0.2) is 28.2 Å². The van der Waals surface area contributed by atoms with Gasteiger partial charge in [0, 0.05) is 18.1 Å². The molecule has 0 bridgehead atoms. The molecule has 0 aliphatic heterocycles. The van der Waals surface area contributed by atoms with E-state index in [-0.39, 0.29) is 18.5 Å². The Hall–Kier alpha value is -2.56. The molecule has 0 saturated heterocycles. The molecule has 0 amide bonds. The van der Waals surface area contributed by atoms with Crippen molar-refractivity contribution >= 4 is 17.7 Å². The van der Waals surface area contributed by atoms with Gasteiger partial charge in [-0.2, -0.15) is 0 Å². The van der Waals surface area contributed by atoms with E-state index in [2.05, 4.69) is 17.1 Å². The molecule has 5 nitrogen and oxygen atoms in total. The maximum Gasteiger partial charge on any atom is 0.309 e. The molecular weight excluding hydrogens is 304 g/mol. The van der Waals surface area contributed by atoms with E-state index in [0.717, 1.165) is 24.2 Å². The highest BCUT2D eigenvalue weighted by atomic mass is 16.5. The third-order valence-electron chi connectivity index (χ3n) is 4.02. The van der Waals surface area contributed by atoms with E-state index >= 15 is 0 Å². The first-order valence-electron chi connectivity index (χ1n) is 8.30. The minimum atomic E-state index is -0.231. The van der Waals surface area contributed by atoms with Crippen LogP contribution < -0.4 is 4.74 Å². The molecule has 0 N–H and O–H groups in total. The highest BCUT2D eigenvalue weighted by molar-refractivity contribution is 5.75. The number of hydrogen-bond acceptors (Lipinski definition) is 4. The number of esters is 1. The molecule has 5 heteroatoms. The predicted octanol–water partition coefficient (Wildman–Crippen LogP) is 3.55. The second-order valence-corrected chi connectivity index (χ2v) is 5.90.